The summed E-state index contributed by atoms with van der Waals surface area (Å²) >= 11 is 0. The fourth-order valence-corrected chi connectivity index (χ4v) is 3.87. The molecule has 1 atom stereocenters. The quantitative estimate of drug-likeness (QED) is 0.374. The van der Waals surface area contributed by atoms with E-state index in [4.69, 9.17) is 9.15 Å². The first kappa shape index (κ1) is 21.6. The molecule has 30 heavy (non-hydrogen) atoms. The molecule has 1 aromatic heterocycles. The van der Waals surface area contributed by atoms with Crippen LogP contribution < -0.4 is 14.7 Å². The van der Waals surface area contributed by atoms with Crippen LogP contribution in [0.15, 0.2) is 52.7 Å². The average molecular weight is 412 g/mol. The Kier molecular flexibility index (Phi) is 6.95. The van der Waals surface area contributed by atoms with E-state index in [1.807, 2.05) is 0 Å². The molecule has 7 heteroatoms. The topological polar surface area (TPSA) is 87.2 Å². The summed E-state index contributed by atoms with van der Waals surface area (Å²) in [5, 5.41) is 13.3. The lowest BCUT2D eigenvalue weighted by molar-refractivity contribution is -0.896. The van der Waals surface area contributed by atoms with Crippen molar-refractivity contribution in [2.45, 2.75) is 26.3 Å². The van der Waals surface area contributed by atoms with E-state index in [2.05, 4.69) is 13.8 Å². The molecule has 1 fully saturated rings. The van der Waals surface area contributed by atoms with Gasteiger partial charge in [-0.2, -0.15) is 0 Å². The van der Waals surface area contributed by atoms with E-state index in [1.165, 1.54) is 23.2 Å². The molecule has 1 amide bonds. The smallest absolute Gasteiger partial charge is 0.295 e. The molecule has 1 saturated heterocycles. The number of nitrogens with one attached hydrogen (secondary N) is 1. The van der Waals surface area contributed by atoms with Crippen LogP contribution in [-0.2, 0) is 9.59 Å². The Morgan fingerprint density at radius 3 is 2.60 bits per heavy atom. The van der Waals surface area contributed by atoms with Crippen LogP contribution in [0.5, 0.6) is 5.75 Å². The van der Waals surface area contributed by atoms with Crippen molar-refractivity contribution in [3.8, 4) is 5.75 Å². The second kappa shape index (κ2) is 9.63. The Bertz CT molecular complexity index is 915. The van der Waals surface area contributed by atoms with E-state index in [0.29, 0.717) is 23.6 Å². The first-order valence-electron chi connectivity index (χ1n) is 10.3. The van der Waals surface area contributed by atoms with Gasteiger partial charge >= 0.3 is 0 Å². The number of amides is 1. The Hall–Kier alpha value is -3.06. The zero-order chi connectivity index (χ0) is 21.7. The fraction of sp³-hybridized carbons (Fsp3) is 0.391. The minimum Gasteiger partial charge on any atom is -0.872 e. The first-order chi connectivity index (χ1) is 14.5. The molecule has 1 N–H and O–H groups in total. The third kappa shape index (κ3) is 4.26. The summed E-state index contributed by atoms with van der Waals surface area (Å²) < 4.78 is 10.7. The molecular weight excluding hydrogens is 384 g/mol. The molecule has 7 nitrogen and oxygen atoms in total. The Morgan fingerprint density at radius 1 is 1.20 bits per heavy atom. The number of carbonyl (C=O) groups is 2. The highest BCUT2D eigenvalue weighted by atomic mass is 16.5. The lowest BCUT2D eigenvalue weighted by Crippen LogP contribution is -3.11. The third-order valence-electron chi connectivity index (χ3n) is 5.60. The van der Waals surface area contributed by atoms with Gasteiger partial charge in [0, 0.05) is 18.5 Å². The summed E-state index contributed by atoms with van der Waals surface area (Å²) in [5.41, 5.74) is 0.231. The predicted molar refractivity (Wildman–Crippen MR) is 110 cm³/mol. The van der Waals surface area contributed by atoms with Crippen LogP contribution in [0.3, 0.4) is 0 Å². The van der Waals surface area contributed by atoms with E-state index < -0.39 is 23.5 Å². The number of benzene rings is 1. The molecule has 3 rings (SSSR count). The Labute approximate surface area is 176 Å². The van der Waals surface area contributed by atoms with Gasteiger partial charge in [0.15, 0.2) is 0 Å². The highest BCUT2D eigenvalue weighted by Gasteiger charge is 2.45. The van der Waals surface area contributed by atoms with E-state index in [9.17, 15) is 14.7 Å². The van der Waals surface area contributed by atoms with Crippen LogP contribution in [0, 0.1) is 0 Å². The largest absolute Gasteiger partial charge is 0.872 e. The van der Waals surface area contributed by atoms with Gasteiger partial charge in [0.1, 0.15) is 17.6 Å². The maximum Gasteiger partial charge on any atom is 0.295 e. The molecule has 2 heterocycles. The second-order valence-electron chi connectivity index (χ2n) is 7.28. The van der Waals surface area contributed by atoms with Gasteiger partial charge < -0.3 is 24.1 Å². The van der Waals surface area contributed by atoms with Crippen molar-refractivity contribution in [3.05, 3.63) is 59.6 Å². The van der Waals surface area contributed by atoms with Gasteiger partial charge in [0.25, 0.3) is 5.91 Å². The van der Waals surface area contributed by atoms with Gasteiger partial charge in [-0.1, -0.05) is 17.9 Å². The zero-order valence-electron chi connectivity index (χ0n) is 17.6. The minimum atomic E-state index is -0.814. The second-order valence-corrected chi connectivity index (χ2v) is 7.28. The fourth-order valence-electron chi connectivity index (χ4n) is 3.87. The van der Waals surface area contributed by atoms with Gasteiger partial charge in [-0.15, -0.1) is 0 Å². The number of rotatable bonds is 9. The maximum atomic E-state index is 13.3. The molecule has 2 aromatic rings. The van der Waals surface area contributed by atoms with Crippen molar-refractivity contribution >= 4 is 17.4 Å². The molecule has 1 aromatic carbocycles. The summed E-state index contributed by atoms with van der Waals surface area (Å²) in [4.78, 5) is 28.6. The van der Waals surface area contributed by atoms with Crippen LogP contribution in [0.4, 0.5) is 0 Å². The van der Waals surface area contributed by atoms with Crippen LogP contribution in [0.2, 0.25) is 0 Å². The van der Waals surface area contributed by atoms with Gasteiger partial charge in [-0.3, -0.25) is 9.59 Å². The monoisotopic (exact) mass is 412 g/mol. The number of carbonyl (C=O) groups excluding carboxylic acids is 2. The number of ketones is 1. The van der Waals surface area contributed by atoms with E-state index in [0.717, 1.165) is 26.1 Å². The number of Topliss-reactive ketones (excluding diaryl/α,β-unsaturated/α-hetero) is 1. The number of methoxy groups -OCH3 is 1. The summed E-state index contributed by atoms with van der Waals surface area (Å²) in [6, 6.07) is 9.15. The third-order valence-corrected chi connectivity index (χ3v) is 5.60. The van der Waals surface area contributed by atoms with Gasteiger partial charge in [-0.25, -0.2) is 0 Å². The minimum absolute atomic E-state index is 0.0709. The predicted octanol–water partition coefficient (Wildman–Crippen LogP) is 0.827. The molecule has 1 aliphatic rings. The SMILES string of the molecule is CC[NH+](CC)CCCN1C(=O)C(=O)/C(=C(/[O-])c2cccc(OC)c2)C1c1ccco1. The van der Waals surface area contributed by atoms with Crippen molar-refractivity contribution < 1.29 is 28.7 Å². The first-order valence-corrected chi connectivity index (χ1v) is 10.3. The van der Waals surface area contributed by atoms with Crippen molar-refractivity contribution in [1.29, 1.82) is 0 Å². The molecular formula is C23H28N2O5. The summed E-state index contributed by atoms with van der Waals surface area (Å²) in [6.45, 7) is 7.50. The highest BCUT2D eigenvalue weighted by molar-refractivity contribution is 6.46. The standard InChI is InChI=1S/C23H28N2O5/c1-4-24(5-2)12-8-13-25-20(18-11-7-14-30-18)19(22(27)23(25)28)21(26)16-9-6-10-17(15-16)29-3/h6-7,9-11,14-15,20,26H,4-5,8,12-13H2,1-3H3/b21-19+. The highest BCUT2D eigenvalue weighted by Crippen LogP contribution is 2.39. The van der Waals surface area contributed by atoms with Crippen LogP contribution in [0.1, 0.15) is 37.6 Å². The van der Waals surface area contributed by atoms with Crippen molar-refractivity contribution in [2.24, 2.45) is 0 Å². The van der Waals surface area contributed by atoms with Crippen LogP contribution >= 0.6 is 0 Å². The zero-order valence-corrected chi connectivity index (χ0v) is 17.6. The molecule has 0 aliphatic carbocycles. The average Bonchev–Trinajstić information content (AvgIpc) is 3.38. The number of ether oxygens (including phenoxy) is 1. The van der Waals surface area contributed by atoms with Crippen molar-refractivity contribution in [2.75, 3.05) is 33.3 Å². The molecule has 160 valence electrons. The lowest BCUT2D eigenvalue weighted by Gasteiger charge is -2.26. The maximum absolute atomic E-state index is 13.3. The molecule has 0 saturated carbocycles. The molecule has 1 aliphatic heterocycles. The van der Waals surface area contributed by atoms with Crippen LogP contribution in [0.25, 0.3) is 5.76 Å². The number of quaternary nitrogens is 1. The van der Waals surface area contributed by atoms with Gasteiger partial charge in [0.05, 0.1) is 33.0 Å². The molecule has 0 radical (unpaired) electrons. The van der Waals surface area contributed by atoms with E-state index in [-0.39, 0.29) is 5.57 Å². The number of nitrogens with zero attached hydrogens (tertiary/aromatic N) is 1. The van der Waals surface area contributed by atoms with Gasteiger partial charge in [0.2, 0.25) is 5.78 Å². The Balaban J connectivity index is 1.97. The summed E-state index contributed by atoms with van der Waals surface area (Å²) in [5.74, 6) is -0.982. The Morgan fingerprint density at radius 2 is 1.97 bits per heavy atom. The van der Waals surface area contributed by atoms with Gasteiger partial charge in [-0.05, 0) is 43.7 Å². The summed E-state index contributed by atoms with van der Waals surface area (Å²) in [7, 11) is 1.51. The molecule has 1 unspecified atom stereocenters. The van der Waals surface area contributed by atoms with Crippen LogP contribution in [-0.4, -0.2) is 49.9 Å². The molecule has 0 spiro atoms. The van der Waals surface area contributed by atoms with Crippen molar-refractivity contribution in [3.63, 3.8) is 0 Å². The van der Waals surface area contributed by atoms with E-state index >= 15 is 0 Å². The normalized spacial score (nSPS) is 18.4. The molecule has 0 bridgehead atoms. The lowest BCUT2D eigenvalue weighted by atomic mass is 9.99. The van der Waals surface area contributed by atoms with Crippen molar-refractivity contribution in [1.82, 2.24) is 4.90 Å². The van der Waals surface area contributed by atoms with E-state index in [1.54, 1.807) is 36.4 Å². The number of likely N-dealkylation sites (tertiary alicyclic amines) is 1. The number of hydrogen-bond donors (Lipinski definition) is 1. The summed E-state index contributed by atoms with van der Waals surface area (Å²) in [6.07, 6.45) is 2.21. The number of hydrogen-bond acceptors (Lipinski definition) is 5. The number of furan rings is 1.